The van der Waals surface area contributed by atoms with E-state index in [0.29, 0.717) is 12.5 Å². The number of hydrogen-bond donors (Lipinski definition) is 1. The number of rotatable bonds is 0. The molecule has 5 unspecified atom stereocenters. The van der Waals surface area contributed by atoms with Crippen LogP contribution < -0.4 is 5.32 Å². The standard InChI is InChI=1S/C22H24N4O2/c1-20(2)16-10-13-6-5-9-26(13)17(11-23)21(16)12-22(28-19(27)25-21)14-7-3-4-8-15(14)24-18(20)22/h3-4,7-8,13,16-17H,5-6,9-10,12H2,1-2H3,(H,25,27). The molecule has 144 valence electrons. The van der Waals surface area contributed by atoms with Gasteiger partial charge in [0.05, 0.1) is 23.0 Å². The second kappa shape index (κ2) is 4.96. The molecule has 1 saturated carbocycles. The summed E-state index contributed by atoms with van der Waals surface area (Å²) in [6.45, 7) is 5.38. The quantitative estimate of drug-likeness (QED) is 0.754. The Bertz CT molecular complexity index is 979. The molecule has 3 saturated heterocycles. The number of ether oxygens (including phenoxy) is 1. The molecule has 2 bridgehead atoms. The molecule has 1 amide bonds. The van der Waals surface area contributed by atoms with E-state index in [1.165, 1.54) is 0 Å². The summed E-state index contributed by atoms with van der Waals surface area (Å²) < 4.78 is 6.07. The molecule has 28 heavy (non-hydrogen) atoms. The van der Waals surface area contributed by atoms with Crippen LogP contribution in [-0.2, 0) is 10.3 Å². The molecule has 1 aromatic carbocycles. The van der Waals surface area contributed by atoms with Crippen molar-refractivity contribution >= 4 is 17.5 Å². The van der Waals surface area contributed by atoms with E-state index in [-0.39, 0.29) is 17.4 Å². The third kappa shape index (κ3) is 1.69. The summed E-state index contributed by atoms with van der Waals surface area (Å²) in [6, 6.07) is 10.7. The van der Waals surface area contributed by atoms with Gasteiger partial charge in [-0.3, -0.25) is 9.89 Å². The third-order valence-corrected chi connectivity index (χ3v) is 8.07. The average Bonchev–Trinajstić information content (AvgIpc) is 3.23. The van der Waals surface area contributed by atoms with Gasteiger partial charge in [-0.1, -0.05) is 32.0 Å². The Hall–Kier alpha value is -2.39. The molecule has 1 aromatic rings. The van der Waals surface area contributed by atoms with E-state index >= 15 is 0 Å². The molecule has 0 radical (unpaired) electrons. The van der Waals surface area contributed by atoms with E-state index in [4.69, 9.17) is 9.73 Å². The van der Waals surface area contributed by atoms with Crippen molar-refractivity contribution < 1.29 is 9.53 Å². The molecule has 5 atom stereocenters. The Labute approximate surface area is 164 Å². The van der Waals surface area contributed by atoms with Gasteiger partial charge in [0.2, 0.25) is 0 Å². The Morgan fingerprint density at radius 3 is 3.00 bits per heavy atom. The zero-order valence-corrected chi connectivity index (χ0v) is 16.2. The number of amides is 1. The van der Waals surface area contributed by atoms with Crippen LogP contribution in [0.4, 0.5) is 10.5 Å². The Kier molecular flexibility index (Phi) is 2.93. The first-order chi connectivity index (χ1) is 13.4. The Morgan fingerprint density at radius 2 is 2.18 bits per heavy atom. The molecule has 4 aliphatic heterocycles. The van der Waals surface area contributed by atoms with Gasteiger partial charge >= 0.3 is 6.09 Å². The summed E-state index contributed by atoms with van der Waals surface area (Å²) in [5.41, 5.74) is 1.05. The highest BCUT2D eigenvalue weighted by atomic mass is 16.6. The van der Waals surface area contributed by atoms with E-state index in [1.54, 1.807) is 0 Å². The molecule has 0 aromatic heterocycles. The number of nitrogens with one attached hydrogen (secondary N) is 1. The number of nitriles is 1. The van der Waals surface area contributed by atoms with Crippen molar-refractivity contribution in [2.45, 2.75) is 62.8 Å². The highest BCUT2D eigenvalue weighted by Crippen LogP contribution is 2.64. The number of piperidine rings is 1. The van der Waals surface area contributed by atoms with Crippen LogP contribution in [-0.4, -0.2) is 40.9 Å². The van der Waals surface area contributed by atoms with E-state index in [2.05, 4.69) is 30.1 Å². The van der Waals surface area contributed by atoms with Gasteiger partial charge in [-0.25, -0.2) is 4.79 Å². The number of carbonyl (C=O) groups is 1. The number of hydrogen-bond acceptors (Lipinski definition) is 5. The average molecular weight is 376 g/mol. The molecule has 4 fully saturated rings. The minimum absolute atomic E-state index is 0.151. The van der Waals surface area contributed by atoms with Crippen LogP contribution in [0.5, 0.6) is 0 Å². The van der Waals surface area contributed by atoms with Gasteiger partial charge in [0.25, 0.3) is 0 Å². The van der Waals surface area contributed by atoms with Gasteiger partial charge in [-0.05, 0) is 37.8 Å². The van der Waals surface area contributed by atoms with Crippen LogP contribution >= 0.6 is 0 Å². The number of fused-ring (bicyclic) bond motifs is 2. The van der Waals surface area contributed by atoms with Crippen LogP contribution in [0.3, 0.4) is 0 Å². The van der Waals surface area contributed by atoms with Crippen molar-refractivity contribution in [3.8, 4) is 6.07 Å². The highest BCUT2D eigenvalue weighted by molar-refractivity contribution is 6.07. The predicted molar refractivity (Wildman–Crippen MR) is 103 cm³/mol. The molecule has 2 spiro atoms. The van der Waals surface area contributed by atoms with Crippen LogP contribution in [0.1, 0.15) is 45.1 Å². The molecule has 1 N–H and O–H groups in total. The zero-order chi connectivity index (χ0) is 19.3. The lowest BCUT2D eigenvalue weighted by Gasteiger charge is -2.65. The maximum atomic E-state index is 12.9. The number of alkyl carbamates (subject to hydrolysis) is 1. The van der Waals surface area contributed by atoms with E-state index < -0.39 is 17.2 Å². The zero-order valence-electron chi connectivity index (χ0n) is 16.2. The normalized spacial score (nSPS) is 42.1. The molecule has 4 heterocycles. The summed E-state index contributed by atoms with van der Waals surface area (Å²) in [5, 5.41) is 13.4. The van der Waals surface area contributed by atoms with Crippen molar-refractivity contribution in [3.05, 3.63) is 29.8 Å². The SMILES string of the molecule is CC1(C)C2=Nc3ccccc3C23CC2(NC(=O)O3)C(C#N)N3CCCC3CC12. The Morgan fingerprint density at radius 1 is 1.36 bits per heavy atom. The topological polar surface area (TPSA) is 77.7 Å². The summed E-state index contributed by atoms with van der Waals surface area (Å²) in [5.74, 6) is 0.151. The minimum Gasteiger partial charge on any atom is -0.432 e. The smallest absolute Gasteiger partial charge is 0.408 e. The molecular formula is C22H24N4O2. The van der Waals surface area contributed by atoms with E-state index in [0.717, 1.165) is 42.8 Å². The van der Waals surface area contributed by atoms with Gasteiger partial charge in [0.1, 0.15) is 6.04 Å². The monoisotopic (exact) mass is 376 g/mol. The van der Waals surface area contributed by atoms with Crippen LogP contribution in [0.2, 0.25) is 0 Å². The highest BCUT2D eigenvalue weighted by Gasteiger charge is 2.73. The van der Waals surface area contributed by atoms with Gasteiger partial charge < -0.3 is 10.1 Å². The maximum absolute atomic E-state index is 12.9. The van der Waals surface area contributed by atoms with Crippen molar-refractivity contribution in [1.82, 2.24) is 10.2 Å². The minimum atomic E-state index is -0.861. The summed E-state index contributed by atoms with van der Waals surface area (Å²) in [6.07, 6.45) is 3.39. The summed E-state index contributed by atoms with van der Waals surface area (Å²) in [4.78, 5) is 20.3. The van der Waals surface area contributed by atoms with Crippen molar-refractivity contribution in [3.63, 3.8) is 0 Å². The first kappa shape index (κ1) is 16.6. The fraction of sp³-hybridized carbons (Fsp3) is 0.591. The lowest BCUT2D eigenvalue weighted by molar-refractivity contribution is -0.115. The molecule has 6 nitrogen and oxygen atoms in total. The van der Waals surface area contributed by atoms with Crippen LogP contribution in [0.15, 0.2) is 29.3 Å². The van der Waals surface area contributed by atoms with Gasteiger partial charge in [0, 0.05) is 23.4 Å². The maximum Gasteiger partial charge on any atom is 0.408 e. The first-order valence-corrected chi connectivity index (χ1v) is 10.3. The fourth-order valence-corrected chi connectivity index (χ4v) is 7.15. The third-order valence-electron chi connectivity index (χ3n) is 8.07. The predicted octanol–water partition coefficient (Wildman–Crippen LogP) is 3.25. The lowest BCUT2D eigenvalue weighted by atomic mass is 9.48. The summed E-state index contributed by atoms with van der Waals surface area (Å²) in [7, 11) is 0. The molecule has 5 aliphatic rings. The van der Waals surface area contributed by atoms with Crippen molar-refractivity contribution in [1.29, 1.82) is 5.26 Å². The Balaban J connectivity index is 1.62. The van der Waals surface area contributed by atoms with E-state index in [9.17, 15) is 10.1 Å². The molecule has 6 heteroatoms. The summed E-state index contributed by atoms with van der Waals surface area (Å²) >= 11 is 0. The lowest BCUT2D eigenvalue weighted by Crippen LogP contribution is -2.80. The van der Waals surface area contributed by atoms with E-state index in [1.807, 2.05) is 24.3 Å². The van der Waals surface area contributed by atoms with Crippen LogP contribution in [0, 0.1) is 22.7 Å². The number of para-hydroxylation sites is 1. The van der Waals surface area contributed by atoms with Gasteiger partial charge in [-0.15, -0.1) is 0 Å². The number of carbonyl (C=O) groups excluding carboxylic acids is 1. The largest absolute Gasteiger partial charge is 0.432 e. The molecular weight excluding hydrogens is 352 g/mol. The fourth-order valence-electron chi connectivity index (χ4n) is 7.15. The molecule has 1 aliphatic carbocycles. The number of nitrogens with zero attached hydrogens (tertiary/aromatic N) is 3. The van der Waals surface area contributed by atoms with Crippen LogP contribution in [0.25, 0.3) is 0 Å². The van der Waals surface area contributed by atoms with Crippen molar-refractivity contribution in [2.24, 2.45) is 16.3 Å². The van der Waals surface area contributed by atoms with Crippen molar-refractivity contribution in [2.75, 3.05) is 6.54 Å². The second-order valence-corrected chi connectivity index (χ2v) is 9.61. The second-order valence-electron chi connectivity index (χ2n) is 9.61. The van der Waals surface area contributed by atoms with Gasteiger partial charge in [0.15, 0.2) is 5.60 Å². The number of aliphatic imine (C=N–C) groups is 1. The van der Waals surface area contributed by atoms with Gasteiger partial charge in [-0.2, -0.15) is 5.26 Å². The first-order valence-electron chi connectivity index (χ1n) is 10.3. The molecule has 6 rings (SSSR count). The number of benzene rings is 1.